The lowest BCUT2D eigenvalue weighted by Crippen LogP contribution is -2.55. The van der Waals surface area contributed by atoms with Crippen LogP contribution in [0.25, 0.3) is 0 Å². The van der Waals surface area contributed by atoms with E-state index in [1.165, 1.54) is 44.9 Å². The van der Waals surface area contributed by atoms with Crippen molar-refractivity contribution in [3.63, 3.8) is 0 Å². The highest BCUT2D eigenvalue weighted by molar-refractivity contribution is 5.01. The van der Waals surface area contributed by atoms with Gasteiger partial charge in [-0.2, -0.15) is 0 Å². The van der Waals surface area contributed by atoms with Crippen LogP contribution in [0.5, 0.6) is 0 Å². The molecule has 0 aromatic heterocycles. The van der Waals surface area contributed by atoms with Gasteiger partial charge in [0.05, 0.1) is 26.9 Å². The second-order valence-corrected chi connectivity index (χ2v) is 9.76. The van der Waals surface area contributed by atoms with Gasteiger partial charge in [-0.15, -0.1) is 0 Å². The fourth-order valence-corrected chi connectivity index (χ4v) is 6.63. The summed E-state index contributed by atoms with van der Waals surface area (Å²) in [5.74, 6) is 3.06. The molecule has 24 heavy (non-hydrogen) atoms. The molecule has 138 valence electrons. The molecule has 1 atom stereocenters. The molecule has 1 saturated heterocycles. The number of hydrogen-bond acceptors (Lipinski definition) is 3. The zero-order valence-electron chi connectivity index (χ0n) is 15.4. The van der Waals surface area contributed by atoms with E-state index >= 15 is 0 Å². The van der Waals surface area contributed by atoms with Crippen LogP contribution in [0.15, 0.2) is 0 Å². The van der Waals surface area contributed by atoms with Gasteiger partial charge in [0, 0.05) is 6.61 Å². The van der Waals surface area contributed by atoms with Crippen LogP contribution in [0.1, 0.15) is 44.9 Å². The number of aliphatic hydroxyl groups is 1. The Balaban J connectivity index is 1.18. The first-order chi connectivity index (χ1) is 11.5. The highest BCUT2D eigenvalue weighted by Gasteiger charge is 2.50. The fraction of sp³-hybridized carbons (Fsp3) is 1.00. The molecule has 4 nitrogen and oxygen atoms in total. The Morgan fingerprint density at radius 2 is 1.67 bits per heavy atom. The number of rotatable bonds is 7. The molecule has 1 heterocycles. The maximum absolute atomic E-state index is 10.3. The molecule has 1 N–H and O–H groups in total. The molecular formula is C20H36NO3+. The summed E-state index contributed by atoms with van der Waals surface area (Å²) in [6, 6.07) is 0. The zero-order valence-corrected chi connectivity index (χ0v) is 15.4. The second kappa shape index (κ2) is 6.86. The minimum Gasteiger partial charge on any atom is -0.385 e. The van der Waals surface area contributed by atoms with Crippen molar-refractivity contribution >= 4 is 0 Å². The van der Waals surface area contributed by atoms with Crippen LogP contribution in [-0.4, -0.2) is 68.8 Å². The van der Waals surface area contributed by atoms with Gasteiger partial charge in [0.25, 0.3) is 0 Å². The summed E-state index contributed by atoms with van der Waals surface area (Å²) in [5, 5.41) is 10.3. The zero-order chi connectivity index (χ0) is 16.6. The van der Waals surface area contributed by atoms with E-state index in [4.69, 9.17) is 9.47 Å². The minimum absolute atomic E-state index is 0.343. The lowest BCUT2D eigenvalue weighted by atomic mass is 9.49. The molecule has 4 saturated carbocycles. The van der Waals surface area contributed by atoms with Crippen LogP contribution in [0.4, 0.5) is 0 Å². The van der Waals surface area contributed by atoms with Gasteiger partial charge in [-0.3, -0.25) is 0 Å². The molecule has 5 rings (SSSR count). The van der Waals surface area contributed by atoms with E-state index in [0.29, 0.717) is 12.0 Å². The van der Waals surface area contributed by atoms with Crippen molar-refractivity contribution in [1.82, 2.24) is 0 Å². The number of ether oxygens (including phenoxy) is 2. The number of aliphatic hydroxyl groups excluding tert-OH is 1. The van der Waals surface area contributed by atoms with Crippen LogP contribution in [0.3, 0.4) is 0 Å². The number of hydrogen-bond donors (Lipinski definition) is 1. The van der Waals surface area contributed by atoms with Gasteiger partial charge < -0.3 is 19.1 Å². The normalized spacial score (nSPS) is 41.5. The molecule has 0 aromatic carbocycles. The van der Waals surface area contributed by atoms with Gasteiger partial charge in [0.15, 0.2) is 0 Å². The average Bonchev–Trinajstić information content (AvgIpc) is 2.50. The Morgan fingerprint density at radius 3 is 2.25 bits per heavy atom. The third-order valence-corrected chi connectivity index (χ3v) is 7.45. The van der Waals surface area contributed by atoms with Gasteiger partial charge in [-0.25, -0.2) is 0 Å². The molecule has 4 aliphatic carbocycles. The van der Waals surface area contributed by atoms with Crippen LogP contribution >= 0.6 is 0 Å². The van der Waals surface area contributed by atoms with E-state index in [1.54, 1.807) is 0 Å². The topological polar surface area (TPSA) is 38.7 Å². The lowest BCUT2D eigenvalue weighted by molar-refractivity contribution is -0.919. The van der Waals surface area contributed by atoms with Gasteiger partial charge >= 0.3 is 0 Å². The Bertz CT molecular complexity index is 397. The molecule has 5 fully saturated rings. The molecule has 0 amide bonds. The summed E-state index contributed by atoms with van der Waals surface area (Å²) >= 11 is 0. The number of morpholine rings is 1. The van der Waals surface area contributed by atoms with Crippen molar-refractivity contribution in [2.75, 3.05) is 53.1 Å². The maximum atomic E-state index is 10.3. The molecule has 1 aliphatic heterocycles. The van der Waals surface area contributed by atoms with E-state index in [1.807, 2.05) is 0 Å². The molecule has 4 heteroatoms. The summed E-state index contributed by atoms with van der Waals surface area (Å²) in [6.45, 7) is 5.78. The number of quaternary nitrogens is 1. The van der Waals surface area contributed by atoms with Gasteiger partial charge in [0.1, 0.15) is 25.7 Å². The van der Waals surface area contributed by atoms with Crippen molar-refractivity contribution < 1.29 is 19.1 Å². The third-order valence-electron chi connectivity index (χ3n) is 7.45. The predicted molar refractivity (Wildman–Crippen MR) is 93.7 cm³/mol. The van der Waals surface area contributed by atoms with Crippen molar-refractivity contribution in [2.24, 2.45) is 23.2 Å². The molecule has 0 spiro atoms. The van der Waals surface area contributed by atoms with Crippen molar-refractivity contribution in [1.29, 1.82) is 0 Å². The quantitative estimate of drug-likeness (QED) is 0.572. The lowest BCUT2D eigenvalue weighted by Gasteiger charge is -2.57. The second-order valence-electron chi connectivity index (χ2n) is 9.76. The van der Waals surface area contributed by atoms with E-state index in [9.17, 15) is 5.11 Å². The van der Waals surface area contributed by atoms with Crippen LogP contribution in [0.2, 0.25) is 0 Å². The molecule has 0 aromatic rings. The van der Waals surface area contributed by atoms with Crippen molar-refractivity contribution in [3.05, 3.63) is 0 Å². The summed E-state index contributed by atoms with van der Waals surface area (Å²) in [7, 11) is 2.22. The van der Waals surface area contributed by atoms with E-state index in [2.05, 4.69) is 7.05 Å². The minimum atomic E-state index is -0.343. The Morgan fingerprint density at radius 1 is 1.08 bits per heavy atom. The summed E-state index contributed by atoms with van der Waals surface area (Å²) in [5.41, 5.74) is 0.600. The highest BCUT2D eigenvalue weighted by atomic mass is 16.5. The Kier molecular flexibility index (Phi) is 4.94. The third kappa shape index (κ3) is 3.82. The summed E-state index contributed by atoms with van der Waals surface area (Å²) in [6.07, 6.45) is 9.80. The smallest absolute Gasteiger partial charge is 0.126 e. The van der Waals surface area contributed by atoms with Crippen molar-refractivity contribution in [3.8, 4) is 0 Å². The first-order valence-corrected chi connectivity index (χ1v) is 10.2. The molecule has 5 aliphatic rings. The first-order valence-electron chi connectivity index (χ1n) is 10.2. The Labute approximate surface area is 147 Å². The molecule has 0 radical (unpaired) electrons. The van der Waals surface area contributed by atoms with Crippen LogP contribution in [0, 0.1) is 23.2 Å². The molecule has 4 bridgehead atoms. The number of likely N-dealkylation sites (N-methyl/N-ethyl adjacent to an activating group) is 1. The molecular weight excluding hydrogens is 302 g/mol. The first kappa shape index (κ1) is 17.3. The fourth-order valence-electron chi connectivity index (χ4n) is 6.63. The standard InChI is InChI=1S/C20H36NO3/c1-21(3-6-23-7-4-21)14-19(22)15-24-5-2-20-11-16-8-17(12-20)10-18(9-16)13-20/h16-19,22H,2-15H2,1H3/q+1/t16?,17?,18?,19-,20?/m0/s1. The van der Waals surface area contributed by atoms with E-state index in [-0.39, 0.29) is 6.10 Å². The van der Waals surface area contributed by atoms with E-state index in [0.717, 1.165) is 61.7 Å². The largest absolute Gasteiger partial charge is 0.385 e. The SMILES string of the molecule is C[N+]1(C[C@H](O)COCCC23CC4CC(CC(C4)C2)C3)CCOCC1. The van der Waals surface area contributed by atoms with Gasteiger partial charge in [0.2, 0.25) is 0 Å². The van der Waals surface area contributed by atoms with E-state index < -0.39 is 0 Å². The monoisotopic (exact) mass is 338 g/mol. The maximum Gasteiger partial charge on any atom is 0.126 e. The van der Waals surface area contributed by atoms with Gasteiger partial charge in [-0.1, -0.05) is 0 Å². The Hall–Kier alpha value is -0.160. The summed E-state index contributed by atoms with van der Waals surface area (Å²) < 4.78 is 12.3. The highest BCUT2D eigenvalue weighted by Crippen LogP contribution is 2.61. The van der Waals surface area contributed by atoms with Crippen LogP contribution in [-0.2, 0) is 9.47 Å². The number of nitrogens with zero attached hydrogens (tertiary/aromatic N) is 1. The predicted octanol–water partition coefficient (Wildman–Crippen LogP) is 2.45. The molecule has 0 unspecified atom stereocenters. The van der Waals surface area contributed by atoms with Gasteiger partial charge in [-0.05, 0) is 68.1 Å². The van der Waals surface area contributed by atoms with Crippen LogP contribution < -0.4 is 0 Å². The average molecular weight is 339 g/mol. The summed E-state index contributed by atoms with van der Waals surface area (Å²) in [4.78, 5) is 0. The van der Waals surface area contributed by atoms with Crippen molar-refractivity contribution in [2.45, 2.75) is 51.0 Å².